The third-order valence-electron chi connectivity index (χ3n) is 2.40. The predicted molar refractivity (Wildman–Crippen MR) is 66.1 cm³/mol. The number of nitrogens with one attached hydrogen (secondary N) is 1. The molecule has 0 bridgehead atoms. The lowest BCUT2D eigenvalue weighted by Gasteiger charge is -2.07. The van der Waals surface area contributed by atoms with Crippen LogP contribution in [0.1, 0.15) is 6.42 Å². The number of anilines is 2. The van der Waals surface area contributed by atoms with Gasteiger partial charge in [0.1, 0.15) is 5.82 Å². The van der Waals surface area contributed by atoms with Crippen LogP contribution < -0.4 is 11.1 Å². The van der Waals surface area contributed by atoms with Gasteiger partial charge in [0.15, 0.2) is 0 Å². The lowest BCUT2D eigenvalue weighted by Crippen LogP contribution is -2.06. The summed E-state index contributed by atoms with van der Waals surface area (Å²) in [5.41, 5.74) is 6.70. The second-order valence-corrected chi connectivity index (χ2v) is 3.85. The molecule has 0 unspecified atom stereocenters. The topological polar surface area (TPSA) is 55.9 Å². The van der Waals surface area contributed by atoms with Gasteiger partial charge in [-0.15, -0.1) is 0 Å². The Morgan fingerprint density at radius 1 is 1.35 bits per heavy atom. The Morgan fingerprint density at radius 3 is 2.94 bits per heavy atom. The number of halogens is 1. The Bertz CT molecular complexity index is 447. The normalized spacial score (nSPS) is 10.4. The van der Waals surface area contributed by atoms with E-state index in [0.717, 1.165) is 19.5 Å². The van der Waals surface area contributed by atoms with Crippen molar-refractivity contribution < 1.29 is 4.39 Å². The highest BCUT2D eigenvalue weighted by Gasteiger charge is 1.97. The number of imidazole rings is 1. The van der Waals surface area contributed by atoms with Crippen molar-refractivity contribution in [3.63, 3.8) is 0 Å². The van der Waals surface area contributed by atoms with E-state index in [1.165, 1.54) is 12.1 Å². The van der Waals surface area contributed by atoms with Crippen molar-refractivity contribution in [2.45, 2.75) is 13.0 Å². The highest BCUT2D eigenvalue weighted by atomic mass is 19.1. The van der Waals surface area contributed by atoms with Crippen LogP contribution >= 0.6 is 0 Å². The zero-order valence-electron chi connectivity index (χ0n) is 9.44. The molecule has 0 spiro atoms. The zero-order chi connectivity index (χ0) is 12.1. The second-order valence-electron chi connectivity index (χ2n) is 3.85. The van der Waals surface area contributed by atoms with Gasteiger partial charge in [-0.05, 0) is 24.6 Å². The highest BCUT2D eigenvalue weighted by molar-refractivity contribution is 5.54. The average molecular weight is 234 g/mol. The number of nitrogen functional groups attached to an aromatic ring is 1. The third-order valence-corrected chi connectivity index (χ3v) is 2.40. The Kier molecular flexibility index (Phi) is 3.59. The highest BCUT2D eigenvalue weighted by Crippen LogP contribution is 2.15. The smallest absolute Gasteiger partial charge is 0.127 e. The first kappa shape index (κ1) is 11.4. The molecule has 4 nitrogen and oxygen atoms in total. The molecular formula is C12H15FN4. The van der Waals surface area contributed by atoms with E-state index >= 15 is 0 Å². The minimum atomic E-state index is -0.317. The molecule has 0 amide bonds. The van der Waals surface area contributed by atoms with Crippen molar-refractivity contribution >= 4 is 11.4 Å². The number of nitrogens with zero attached hydrogens (tertiary/aromatic N) is 2. The third kappa shape index (κ3) is 3.48. The number of aryl methyl sites for hydroxylation is 1. The van der Waals surface area contributed by atoms with Crippen LogP contribution in [-0.2, 0) is 6.54 Å². The van der Waals surface area contributed by atoms with E-state index in [4.69, 9.17) is 5.73 Å². The lowest BCUT2D eigenvalue weighted by atomic mass is 10.2. The molecule has 0 atom stereocenters. The van der Waals surface area contributed by atoms with Crippen LogP contribution in [0.2, 0.25) is 0 Å². The predicted octanol–water partition coefficient (Wildman–Crippen LogP) is 2.11. The molecule has 90 valence electrons. The van der Waals surface area contributed by atoms with Gasteiger partial charge in [-0.2, -0.15) is 0 Å². The van der Waals surface area contributed by atoms with Crippen LogP contribution in [0.15, 0.2) is 36.9 Å². The van der Waals surface area contributed by atoms with Gasteiger partial charge in [-0.3, -0.25) is 0 Å². The second kappa shape index (κ2) is 5.34. The van der Waals surface area contributed by atoms with Crippen molar-refractivity contribution in [3.05, 3.63) is 42.7 Å². The molecule has 2 rings (SSSR count). The van der Waals surface area contributed by atoms with Gasteiger partial charge in [0.05, 0.1) is 6.33 Å². The van der Waals surface area contributed by atoms with E-state index in [9.17, 15) is 4.39 Å². The molecule has 0 saturated heterocycles. The molecule has 0 aliphatic heterocycles. The van der Waals surface area contributed by atoms with Crippen LogP contribution in [-0.4, -0.2) is 16.1 Å². The largest absolute Gasteiger partial charge is 0.399 e. The summed E-state index contributed by atoms with van der Waals surface area (Å²) in [4.78, 5) is 3.96. The molecule has 1 aromatic carbocycles. The number of nitrogens with two attached hydrogens (primary N) is 1. The van der Waals surface area contributed by atoms with Crippen molar-refractivity contribution in [2.24, 2.45) is 0 Å². The fraction of sp³-hybridized carbons (Fsp3) is 0.250. The Morgan fingerprint density at radius 2 is 2.24 bits per heavy atom. The van der Waals surface area contributed by atoms with Gasteiger partial charge in [0.25, 0.3) is 0 Å². The van der Waals surface area contributed by atoms with Crippen LogP contribution in [0.25, 0.3) is 0 Å². The monoisotopic (exact) mass is 234 g/mol. The first-order valence-electron chi connectivity index (χ1n) is 5.50. The average Bonchev–Trinajstić information content (AvgIpc) is 2.76. The Balaban J connectivity index is 1.78. The summed E-state index contributed by atoms with van der Waals surface area (Å²) < 4.78 is 15.0. The fourth-order valence-electron chi connectivity index (χ4n) is 1.63. The molecule has 0 radical (unpaired) electrons. The summed E-state index contributed by atoms with van der Waals surface area (Å²) in [6.07, 6.45) is 6.38. The van der Waals surface area contributed by atoms with Crippen LogP contribution in [0.3, 0.4) is 0 Å². The van der Waals surface area contributed by atoms with Gasteiger partial charge in [-0.25, -0.2) is 9.37 Å². The zero-order valence-corrected chi connectivity index (χ0v) is 9.44. The first-order valence-corrected chi connectivity index (χ1v) is 5.50. The minimum Gasteiger partial charge on any atom is -0.399 e. The lowest BCUT2D eigenvalue weighted by molar-refractivity contribution is 0.628. The maximum absolute atomic E-state index is 13.0. The summed E-state index contributed by atoms with van der Waals surface area (Å²) >= 11 is 0. The van der Waals surface area contributed by atoms with Crippen LogP contribution in [0.5, 0.6) is 0 Å². The first-order chi connectivity index (χ1) is 8.24. The van der Waals surface area contributed by atoms with Crippen LogP contribution in [0.4, 0.5) is 15.8 Å². The molecule has 17 heavy (non-hydrogen) atoms. The summed E-state index contributed by atoms with van der Waals surface area (Å²) in [7, 11) is 0. The molecule has 0 fully saturated rings. The van der Waals surface area contributed by atoms with Crippen molar-refractivity contribution in [1.29, 1.82) is 0 Å². The van der Waals surface area contributed by atoms with E-state index in [1.807, 2.05) is 10.8 Å². The van der Waals surface area contributed by atoms with E-state index in [2.05, 4.69) is 10.3 Å². The molecule has 5 heteroatoms. The van der Waals surface area contributed by atoms with Gasteiger partial charge in [-0.1, -0.05) is 0 Å². The molecular weight excluding hydrogens is 219 g/mol. The maximum Gasteiger partial charge on any atom is 0.127 e. The summed E-state index contributed by atoms with van der Waals surface area (Å²) in [5, 5.41) is 3.14. The van der Waals surface area contributed by atoms with E-state index in [1.54, 1.807) is 18.6 Å². The van der Waals surface area contributed by atoms with Crippen molar-refractivity contribution in [1.82, 2.24) is 9.55 Å². The van der Waals surface area contributed by atoms with E-state index in [-0.39, 0.29) is 5.82 Å². The number of hydrogen-bond donors (Lipinski definition) is 2. The standard InChI is InChI=1S/C12H15FN4/c13-10-6-11(14)8-12(7-10)16-2-1-4-17-5-3-15-9-17/h3,5-9,16H,1-2,4,14H2. The fourth-order valence-corrected chi connectivity index (χ4v) is 1.63. The number of rotatable bonds is 5. The van der Waals surface area contributed by atoms with E-state index in [0.29, 0.717) is 11.4 Å². The SMILES string of the molecule is Nc1cc(F)cc(NCCCn2ccnc2)c1. The van der Waals surface area contributed by atoms with Gasteiger partial charge in [0.2, 0.25) is 0 Å². The summed E-state index contributed by atoms with van der Waals surface area (Å²) in [6.45, 7) is 1.65. The molecule has 0 aliphatic carbocycles. The van der Waals surface area contributed by atoms with Crippen molar-refractivity contribution in [3.8, 4) is 0 Å². The number of aromatic nitrogens is 2. The van der Waals surface area contributed by atoms with Crippen molar-refractivity contribution in [2.75, 3.05) is 17.6 Å². The van der Waals surface area contributed by atoms with Gasteiger partial charge >= 0.3 is 0 Å². The minimum absolute atomic E-state index is 0.317. The molecule has 3 N–H and O–H groups in total. The molecule has 0 aliphatic rings. The van der Waals surface area contributed by atoms with Gasteiger partial charge in [0, 0.05) is 36.9 Å². The summed E-state index contributed by atoms with van der Waals surface area (Å²) in [5.74, 6) is -0.317. The Hall–Kier alpha value is -2.04. The Labute approximate surface area is 99.3 Å². The number of hydrogen-bond acceptors (Lipinski definition) is 3. The van der Waals surface area contributed by atoms with E-state index < -0.39 is 0 Å². The molecule has 2 aromatic rings. The maximum atomic E-state index is 13.0. The quantitative estimate of drug-likeness (QED) is 0.615. The van der Waals surface area contributed by atoms with Gasteiger partial charge < -0.3 is 15.6 Å². The number of benzene rings is 1. The van der Waals surface area contributed by atoms with Crippen LogP contribution in [0, 0.1) is 5.82 Å². The molecule has 0 saturated carbocycles. The molecule has 1 aromatic heterocycles. The molecule has 1 heterocycles. The summed E-state index contributed by atoms with van der Waals surface area (Å²) in [6, 6.07) is 4.46.